The molecule has 158 valence electrons. The van der Waals surface area contributed by atoms with Gasteiger partial charge in [-0.25, -0.2) is 0 Å². The molecule has 1 N–H and O–H groups in total. The highest BCUT2D eigenvalue weighted by molar-refractivity contribution is 5.85. The lowest BCUT2D eigenvalue weighted by Gasteiger charge is -2.32. The van der Waals surface area contributed by atoms with E-state index >= 15 is 0 Å². The molecule has 0 radical (unpaired) electrons. The summed E-state index contributed by atoms with van der Waals surface area (Å²) in [5, 5.41) is 3.49. The summed E-state index contributed by atoms with van der Waals surface area (Å²) >= 11 is 0. The van der Waals surface area contributed by atoms with Crippen LogP contribution in [0.2, 0.25) is 0 Å². The van der Waals surface area contributed by atoms with Crippen molar-refractivity contribution in [1.29, 1.82) is 0 Å². The lowest BCUT2D eigenvalue weighted by molar-refractivity contribution is -0.132. The number of halogens is 1. The fraction of sp³-hybridized carbons (Fsp3) is 0.708. The van der Waals surface area contributed by atoms with Crippen LogP contribution in [0.25, 0.3) is 0 Å². The topological polar surface area (TPSA) is 32.3 Å². The summed E-state index contributed by atoms with van der Waals surface area (Å²) in [6, 6.07) is 10.8. The van der Waals surface area contributed by atoms with E-state index in [0.717, 1.165) is 37.8 Å². The van der Waals surface area contributed by atoms with Gasteiger partial charge in [0.25, 0.3) is 0 Å². The maximum Gasteiger partial charge on any atom is 0.222 e. The number of carbonyl (C=O) groups is 1. The fourth-order valence-corrected chi connectivity index (χ4v) is 4.75. The minimum Gasteiger partial charge on any atom is -0.343 e. The summed E-state index contributed by atoms with van der Waals surface area (Å²) in [6.07, 6.45) is 13.2. The minimum atomic E-state index is 0. The molecule has 0 aromatic heterocycles. The second kappa shape index (κ2) is 13.2. The lowest BCUT2D eigenvalue weighted by Crippen LogP contribution is -2.38. The van der Waals surface area contributed by atoms with Gasteiger partial charge in [0.2, 0.25) is 5.91 Å². The fourth-order valence-electron chi connectivity index (χ4n) is 4.75. The molecule has 3 nitrogen and oxygen atoms in total. The number of nitrogens with zero attached hydrogens (tertiary/aromatic N) is 1. The number of piperidine rings is 2. The zero-order valence-corrected chi connectivity index (χ0v) is 18.2. The van der Waals surface area contributed by atoms with Gasteiger partial charge in [-0.15, -0.1) is 12.4 Å². The maximum atomic E-state index is 12.5. The molecule has 2 heterocycles. The standard InChI is InChI=1S/C24H38N2O.ClH/c27-24(14-5-4-10-23-13-7-17-25-20-23)26-18-15-22(16-19-26)12-6-11-21-8-2-1-3-9-21;/h1-3,8-9,22-23,25H,4-7,10-20H2;1H. The molecule has 0 aliphatic carbocycles. The first-order chi connectivity index (χ1) is 13.3. The molecule has 0 spiro atoms. The number of hydrogen-bond donors (Lipinski definition) is 1. The summed E-state index contributed by atoms with van der Waals surface area (Å²) in [5.74, 6) is 2.07. The third kappa shape index (κ3) is 8.13. The van der Waals surface area contributed by atoms with E-state index < -0.39 is 0 Å². The lowest BCUT2D eigenvalue weighted by atomic mass is 9.90. The Labute approximate surface area is 178 Å². The summed E-state index contributed by atoms with van der Waals surface area (Å²) in [4.78, 5) is 14.6. The molecule has 1 aromatic rings. The molecule has 2 fully saturated rings. The number of amides is 1. The average Bonchev–Trinajstić information content (AvgIpc) is 2.73. The molecule has 2 aliphatic rings. The Hall–Kier alpha value is -1.06. The van der Waals surface area contributed by atoms with Crippen LogP contribution in [0.5, 0.6) is 0 Å². The Kier molecular flexibility index (Phi) is 11.0. The maximum absolute atomic E-state index is 12.5. The molecule has 1 aromatic carbocycles. The summed E-state index contributed by atoms with van der Waals surface area (Å²) in [7, 11) is 0. The van der Waals surface area contributed by atoms with E-state index in [1.807, 2.05) is 0 Å². The molecular formula is C24H39ClN2O. The zero-order valence-electron chi connectivity index (χ0n) is 17.4. The predicted octanol–water partition coefficient (Wildman–Crippen LogP) is 5.23. The average molecular weight is 407 g/mol. The normalized spacial score (nSPS) is 20.6. The smallest absolute Gasteiger partial charge is 0.222 e. The van der Waals surface area contributed by atoms with Gasteiger partial charge >= 0.3 is 0 Å². The second-order valence-electron chi connectivity index (χ2n) is 8.66. The van der Waals surface area contributed by atoms with Crippen LogP contribution in [-0.4, -0.2) is 37.0 Å². The molecule has 0 saturated carbocycles. The summed E-state index contributed by atoms with van der Waals surface area (Å²) in [6.45, 7) is 4.35. The van der Waals surface area contributed by atoms with Crippen molar-refractivity contribution in [3.63, 3.8) is 0 Å². The molecule has 1 unspecified atom stereocenters. The van der Waals surface area contributed by atoms with E-state index in [9.17, 15) is 4.79 Å². The number of hydrogen-bond acceptors (Lipinski definition) is 2. The van der Waals surface area contributed by atoms with Gasteiger partial charge in [0.05, 0.1) is 0 Å². The van der Waals surface area contributed by atoms with Crippen LogP contribution < -0.4 is 5.32 Å². The molecule has 1 atom stereocenters. The zero-order chi connectivity index (χ0) is 18.7. The van der Waals surface area contributed by atoms with Crippen LogP contribution in [0.3, 0.4) is 0 Å². The van der Waals surface area contributed by atoms with E-state index in [1.54, 1.807) is 0 Å². The molecule has 2 aliphatic heterocycles. The SMILES string of the molecule is Cl.O=C(CCCCC1CCCNC1)N1CCC(CCCc2ccccc2)CC1. The number of carbonyl (C=O) groups excluding carboxylic acids is 1. The van der Waals surface area contributed by atoms with Crippen molar-refractivity contribution in [3.05, 3.63) is 35.9 Å². The van der Waals surface area contributed by atoms with E-state index in [1.165, 1.54) is 76.4 Å². The van der Waals surface area contributed by atoms with Gasteiger partial charge in [-0.05, 0) is 88.3 Å². The Morgan fingerprint density at radius 2 is 1.71 bits per heavy atom. The Balaban J connectivity index is 0.00000280. The molecule has 28 heavy (non-hydrogen) atoms. The van der Waals surface area contributed by atoms with Gasteiger partial charge in [0, 0.05) is 19.5 Å². The number of aryl methyl sites for hydroxylation is 1. The largest absolute Gasteiger partial charge is 0.343 e. The highest BCUT2D eigenvalue weighted by Crippen LogP contribution is 2.24. The predicted molar refractivity (Wildman–Crippen MR) is 120 cm³/mol. The van der Waals surface area contributed by atoms with Gasteiger partial charge in [0.15, 0.2) is 0 Å². The van der Waals surface area contributed by atoms with Crippen LogP contribution in [-0.2, 0) is 11.2 Å². The van der Waals surface area contributed by atoms with Crippen LogP contribution in [0.15, 0.2) is 30.3 Å². The molecule has 4 heteroatoms. The van der Waals surface area contributed by atoms with Gasteiger partial charge in [0.1, 0.15) is 0 Å². The van der Waals surface area contributed by atoms with Crippen molar-refractivity contribution in [3.8, 4) is 0 Å². The Morgan fingerprint density at radius 1 is 0.964 bits per heavy atom. The Morgan fingerprint density at radius 3 is 2.43 bits per heavy atom. The third-order valence-corrected chi connectivity index (χ3v) is 6.54. The Bertz CT molecular complexity index is 537. The van der Waals surface area contributed by atoms with Gasteiger partial charge in [-0.1, -0.05) is 36.8 Å². The first kappa shape index (κ1) is 23.2. The quantitative estimate of drug-likeness (QED) is 0.569. The van der Waals surface area contributed by atoms with Crippen LogP contribution >= 0.6 is 12.4 Å². The van der Waals surface area contributed by atoms with E-state index in [0.29, 0.717) is 5.91 Å². The number of rotatable bonds is 9. The molecule has 2 saturated heterocycles. The van der Waals surface area contributed by atoms with Gasteiger partial charge in [-0.3, -0.25) is 4.79 Å². The summed E-state index contributed by atoms with van der Waals surface area (Å²) < 4.78 is 0. The van der Waals surface area contributed by atoms with Crippen LogP contribution in [0, 0.1) is 11.8 Å². The van der Waals surface area contributed by atoms with Crippen molar-refractivity contribution < 1.29 is 4.79 Å². The summed E-state index contributed by atoms with van der Waals surface area (Å²) in [5.41, 5.74) is 1.45. The van der Waals surface area contributed by atoms with E-state index in [-0.39, 0.29) is 12.4 Å². The number of nitrogens with one attached hydrogen (secondary N) is 1. The highest BCUT2D eigenvalue weighted by Gasteiger charge is 2.22. The third-order valence-electron chi connectivity index (χ3n) is 6.54. The number of unbranched alkanes of at least 4 members (excludes halogenated alkanes) is 1. The van der Waals surface area contributed by atoms with E-state index in [2.05, 4.69) is 40.5 Å². The molecule has 0 bridgehead atoms. The first-order valence-electron chi connectivity index (χ1n) is 11.3. The van der Waals surface area contributed by atoms with Crippen molar-refractivity contribution in [2.45, 2.75) is 70.6 Å². The van der Waals surface area contributed by atoms with Crippen molar-refractivity contribution in [1.82, 2.24) is 10.2 Å². The molecule has 1 amide bonds. The van der Waals surface area contributed by atoms with Crippen molar-refractivity contribution in [2.75, 3.05) is 26.2 Å². The van der Waals surface area contributed by atoms with E-state index in [4.69, 9.17) is 0 Å². The number of benzene rings is 1. The monoisotopic (exact) mass is 406 g/mol. The molecule has 3 rings (SSSR count). The minimum absolute atomic E-state index is 0. The van der Waals surface area contributed by atoms with Crippen molar-refractivity contribution >= 4 is 18.3 Å². The van der Waals surface area contributed by atoms with Crippen LogP contribution in [0.1, 0.15) is 69.8 Å². The first-order valence-corrected chi connectivity index (χ1v) is 11.3. The van der Waals surface area contributed by atoms with Gasteiger partial charge < -0.3 is 10.2 Å². The molecular weight excluding hydrogens is 368 g/mol. The number of likely N-dealkylation sites (tertiary alicyclic amines) is 1. The second-order valence-corrected chi connectivity index (χ2v) is 8.66. The van der Waals surface area contributed by atoms with Gasteiger partial charge in [-0.2, -0.15) is 0 Å². The van der Waals surface area contributed by atoms with Crippen molar-refractivity contribution in [2.24, 2.45) is 11.8 Å². The highest BCUT2D eigenvalue weighted by atomic mass is 35.5. The van der Waals surface area contributed by atoms with Crippen LogP contribution in [0.4, 0.5) is 0 Å².